The summed E-state index contributed by atoms with van der Waals surface area (Å²) in [6.45, 7) is 2.16. The lowest BCUT2D eigenvalue weighted by molar-refractivity contribution is 0.0526. The summed E-state index contributed by atoms with van der Waals surface area (Å²) in [6.07, 6.45) is 3.69. The van der Waals surface area contributed by atoms with Gasteiger partial charge in [0, 0.05) is 6.08 Å². The molecule has 0 aliphatic heterocycles. The van der Waals surface area contributed by atoms with Crippen LogP contribution in [-0.2, 0) is 4.74 Å². The Labute approximate surface area is 128 Å². The molecule has 0 fully saturated rings. The van der Waals surface area contributed by atoms with Crippen LogP contribution in [0.5, 0.6) is 0 Å². The molecule has 1 aromatic heterocycles. The van der Waals surface area contributed by atoms with Gasteiger partial charge in [0.05, 0.1) is 12.2 Å². The fraction of sp³-hybridized carbons (Fsp3) is 0.111. The van der Waals surface area contributed by atoms with Gasteiger partial charge in [-0.15, -0.1) is 0 Å². The number of benzene rings is 2. The quantitative estimate of drug-likeness (QED) is 0.677. The molecule has 110 valence electrons. The Morgan fingerprint density at radius 3 is 2.64 bits per heavy atom. The molecule has 0 aliphatic carbocycles. The molecule has 0 N–H and O–H groups in total. The molecule has 0 amide bonds. The van der Waals surface area contributed by atoms with Gasteiger partial charge in [0.25, 0.3) is 0 Å². The second-order valence-corrected chi connectivity index (χ2v) is 4.70. The van der Waals surface area contributed by atoms with Gasteiger partial charge < -0.3 is 9.15 Å². The van der Waals surface area contributed by atoms with Crippen LogP contribution in [0.2, 0.25) is 0 Å². The number of rotatable bonds is 4. The molecule has 3 aromatic rings. The molecular weight excluding hydrogens is 278 g/mol. The van der Waals surface area contributed by atoms with Crippen LogP contribution in [0.25, 0.3) is 23.3 Å². The summed E-state index contributed by atoms with van der Waals surface area (Å²) >= 11 is 0. The molecule has 0 atom stereocenters. The van der Waals surface area contributed by atoms with Gasteiger partial charge in [-0.05, 0) is 42.8 Å². The summed E-state index contributed by atoms with van der Waals surface area (Å²) in [6, 6.07) is 14.8. The Kier molecular flexibility index (Phi) is 4.01. The number of para-hydroxylation sites is 2. The van der Waals surface area contributed by atoms with Crippen molar-refractivity contribution >= 4 is 29.2 Å². The molecule has 4 nitrogen and oxygen atoms in total. The van der Waals surface area contributed by atoms with E-state index in [0.29, 0.717) is 18.1 Å². The van der Waals surface area contributed by atoms with E-state index in [9.17, 15) is 4.79 Å². The Balaban J connectivity index is 1.76. The van der Waals surface area contributed by atoms with E-state index in [-0.39, 0.29) is 5.97 Å². The van der Waals surface area contributed by atoms with E-state index in [0.717, 1.165) is 16.7 Å². The normalized spacial score (nSPS) is 11.1. The summed E-state index contributed by atoms with van der Waals surface area (Å²) in [5.74, 6) is 0.243. The summed E-state index contributed by atoms with van der Waals surface area (Å²) in [4.78, 5) is 15.9. The standard InChI is InChI=1S/C18H15NO3/c1-2-21-18(20)14-10-7-13(8-11-14)9-12-17-19-15-5-3-4-6-16(15)22-17/h3-12H,2H2,1H3. The lowest BCUT2D eigenvalue weighted by Gasteiger charge is -2.01. The first kappa shape index (κ1) is 14.1. The van der Waals surface area contributed by atoms with Crippen molar-refractivity contribution in [1.29, 1.82) is 0 Å². The van der Waals surface area contributed by atoms with E-state index in [1.165, 1.54) is 0 Å². The molecule has 0 aliphatic rings. The zero-order chi connectivity index (χ0) is 15.4. The third-order valence-corrected chi connectivity index (χ3v) is 3.15. The number of esters is 1. The monoisotopic (exact) mass is 293 g/mol. The van der Waals surface area contributed by atoms with Crippen molar-refractivity contribution in [3.05, 3.63) is 65.5 Å². The highest BCUT2D eigenvalue weighted by Gasteiger charge is 2.05. The minimum atomic E-state index is -0.308. The van der Waals surface area contributed by atoms with Gasteiger partial charge in [0.15, 0.2) is 5.58 Å². The predicted molar refractivity (Wildman–Crippen MR) is 85.3 cm³/mol. The molecule has 0 bridgehead atoms. The maximum absolute atomic E-state index is 11.6. The Bertz CT molecular complexity index is 783. The molecule has 0 saturated carbocycles. The number of fused-ring (bicyclic) bond motifs is 1. The summed E-state index contributed by atoms with van der Waals surface area (Å²) in [5, 5.41) is 0. The molecular formula is C18H15NO3. The van der Waals surface area contributed by atoms with Crippen molar-refractivity contribution in [3.63, 3.8) is 0 Å². The second-order valence-electron chi connectivity index (χ2n) is 4.70. The van der Waals surface area contributed by atoms with Crippen molar-refractivity contribution in [3.8, 4) is 0 Å². The van der Waals surface area contributed by atoms with E-state index < -0.39 is 0 Å². The molecule has 0 spiro atoms. The highest BCUT2D eigenvalue weighted by molar-refractivity contribution is 5.89. The largest absolute Gasteiger partial charge is 0.462 e. The highest BCUT2D eigenvalue weighted by Crippen LogP contribution is 2.17. The van der Waals surface area contributed by atoms with Gasteiger partial charge in [-0.2, -0.15) is 0 Å². The van der Waals surface area contributed by atoms with Crippen molar-refractivity contribution in [2.75, 3.05) is 6.61 Å². The zero-order valence-corrected chi connectivity index (χ0v) is 12.2. The number of ether oxygens (including phenoxy) is 1. The molecule has 0 unspecified atom stereocenters. The van der Waals surface area contributed by atoms with E-state index >= 15 is 0 Å². The van der Waals surface area contributed by atoms with Gasteiger partial charge in [0.1, 0.15) is 5.52 Å². The maximum atomic E-state index is 11.6. The SMILES string of the molecule is CCOC(=O)c1ccc(C=Cc2nc3ccccc3o2)cc1. The molecule has 4 heteroatoms. The molecule has 0 radical (unpaired) electrons. The van der Waals surface area contributed by atoms with Crippen LogP contribution in [0.3, 0.4) is 0 Å². The van der Waals surface area contributed by atoms with Crippen molar-refractivity contribution in [2.45, 2.75) is 6.92 Å². The van der Waals surface area contributed by atoms with Crippen LogP contribution in [-0.4, -0.2) is 17.6 Å². The van der Waals surface area contributed by atoms with Gasteiger partial charge in [-0.3, -0.25) is 0 Å². The third-order valence-electron chi connectivity index (χ3n) is 3.15. The van der Waals surface area contributed by atoms with E-state index in [1.807, 2.05) is 42.5 Å². The third kappa shape index (κ3) is 3.06. The smallest absolute Gasteiger partial charge is 0.338 e. The predicted octanol–water partition coefficient (Wildman–Crippen LogP) is 4.17. The van der Waals surface area contributed by atoms with Crippen molar-refractivity contribution in [2.24, 2.45) is 0 Å². The molecule has 1 heterocycles. The number of hydrogen-bond donors (Lipinski definition) is 0. The molecule has 22 heavy (non-hydrogen) atoms. The van der Waals surface area contributed by atoms with Gasteiger partial charge in [-0.25, -0.2) is 9.78 Å². The Morgan fingerprint density at radius 2 is 1.91 bits per heavy atom. The van der Waals surface area contributed by atoms with Crippen LogP contribution in [0.1, 0.15) is 28.7 Å². The van der Waals surface area contributed by atoms with Crippen molar-refractivity contribution in [1.82, 2.24) is 4.98 Å². The molecule has 0 saturated heterocycles. The fourth-order valence-electron chi connectivity index (χ4n) is 2.07. The lowest BCUT2D eigenvalue weighted by atomic mass is 10.1. The fourth-order valence-corrected chi connectivity index (χ4v) is 2.07. The number of hydrogen-bond acceptors (Lipinski definition) is 4. The minimum Gasteiger partial charge on any atom is -0.462 e. The second kappa shape index (κ2) is 6.26. The summed E-state index contributed by atoms with van der Waals surface area (Å²) in [7, 11) is 0. The van der Waals surface area contributed by atoms with E-state index in [2.05, 4.69) is 4.98 Å². The van der Waals surface area contributed by atoms with Crippen LogP contribution in [0.4, 0.5) is 0 Å². The minimum absolute atomic E-state index is 0.308. The van der Waals surface area contributed by atoms with Gasteiger partial charge >= 0.3 is 5.97 Å². The van der Waals surface area contributed by atoms with Gasteiger partial charge in [-0.1, -0.05) is 24.3 Å². The first-order chi connectivity index (χ1) is 10.8. The van der Waals surface area contributed by atoms with Crippen molar-refractivity contribution < 1.29 is 13.9 Å². The number of carbonyl (C=O) groups is 1. The average Bonchev–Trinajstić information content (AvgIpc) is 2.96. The first-order valence-corrected chi connectivity index (χ1v) is 7.07. The average molecular weight is 293 g/mol. The van der Waals surface area contributed by atoms with Crippen LogP contribution < -0.4 is 0 Å². The van der Waals surface area contributed by atoms with E-state index in [4.69, 9.17) is 9.15 Å². The molecule has 2 aromatic carbocycles. The Hall–Kier alpha value is -2.88. The van der Waals surface area contributed by atoms with Crippen LogP contribution in [0, 0.1) is 0 Å². The van der Waals surface area contributed by atoms with E-state index in [1.54, 1.807) is 25.1 Å². The topological polar surface area (TPSA) is 52.3 Å². The number of carbonyl (C=O) groups excluding carboxylic acids is 1. The zero-order valence-electron chi connectivity index (χ0n) is 12.2. The lowest BCUT2D eigenvalue weighted by Crippen LogP contribution is -2.03. The number of aromatic nitrogens is 1. The number of oxazole rings is 1. The van der Waals surface area contributed by atoms with Gasteiger partial charge in [0.2, 0.25) is 5.89 Å². The molecule has 3 rings (SSSR count). The van der Waals surface area contributed by atoms with Crippen LogP contribution in [0.15, 0.2) is 52.9 Å². The highest BCUT2D eigenvalue weighted by atomic mass is 16.5. The first-order valence-electron chi connectivity index (χ1n) is 7.07. The van der Waals surface area contributed by atoms with Crippen LogP contribution >= 0.6 is 0 Å². The maximum Gasteiger partial charge on any atom is 0.338 e. The Morgan fingerprint density at radius 1 is 1.14 bits per heavy atom. The number of nitrogens with zero attached hydrogens (tertiary/aromatic N) is 1. The summed E-state index contributed by atoms with van der Waals surface area (Å²) in [5.41, 5.74) is 3.09. The summed E-state index contributed by atoms with van der Waals surface area (Å²) < 4.78 is 10.6.